The molecule has 6 nitrogen and oxygen atoms in total. The predicted octanol–water partition coefficient (Wildman–Crippen LogP) is 4.33. The SMILES string of the molecule is COc1ccc(-c2nc(C(F)(F)F)c3n2CCN(C(=O)OC(C)(C)C)C3)cc1. The molecule has 1 aromatic heterocycles. The lowest BCUT2D eigenvalue weighted by Crippen LogP contribution is -2.42. The maximum atomic E-state index is 13.6. The van der Waals surface area contributed by atoms with Crippen molar-refractivity contribution in [3.8, 4) is 17.1 Å². The fourth-order valence-electron chi connectivity index (χ4n) is 3.04. The first kappa shape index (κ1) is 20.0. The molecule has 3 rings (SSSR count). The molecule has 1 aliphatic rings. The zero-order valence-corrected chi connectivity index (χ0v) is 16.1. The molecule has 1 amide bonds. The Morgan fingerprint density at radius 1 is 1.11 bits per heavy atom. The minimum Gasteiger partial charge on any atom is -0.497 e. The van der Waals surface area contributed by atoms with Gasteiger partial charge in [0, 0.05) is 18.7 Å². The Bertz CT molecular complexity index is 868. The number of methoxy groups -OCH3 is 1. The molecule has 152 valence electrons. The Labute approximate surface area is 160 Å². The molecule has 0 bridgehead atoms. The highest BCUT2D eigenvalue weighted by molar-refractivity contribution is 5.68. The second kappa shape index (κ2) is 7.03. The molecule has 0 spiro atoms. The van der Waals surface area contributed by atoms with Gasteiger partial charge in [-0.3, -0.25) is 0 Å². The minimum atomic E-state index is -4.63. The first-order valence-electron chi connectivity index (χ1n) is 8.78. The summed E-state index contributed by atoms with van der Waals surface area (Å²) >= 11 is 0. The van der Waals surface area contributed by atoms with Crippen LogP contribution in [-0.4, -0.2) is 39.8 Å². The standard InChI is InChI=1S/C19H22F3N3O3/c1-18(2,3)28-17(26)24-9-10-25-14(11-24)15(19(20,21)22)23-16(25)12-5-7-13(27-4)8-6-12/h5-8H,9-11H2,1-4H3. The molecule has 0 N–H and O–H groups in total. The van der Waals surface area contributed by atoms with E-state index in [9.17, 15) is 18.0 Å². The van der Waals surface area contributed by atoms with Crippen molar-refractivity contribution < 1.29 is 27.4 Å². The summed E-state index contributed by atoms with van der Waals surface area (Å²) in [4.78, 5) is 17.5. The summed E-state index contributed by atoms with van der Waals surface area (Å²) in [6.45, 7) is 5.34. The van der Waals surface area contributed by atoms with Crippen molar-refractivity contribution in [3.63, 3.8) is 0 Å². The van der Waals surface area contributed by atoms with Gasteiger partial charge >= 0.3 is 12.3 Å². The molecule has 0 saturated carbocycles. The van der Waals surface area contributed by atoms with Gasteiger partial charge in [0.1, 0.15) is 17.2 Å². The summed E-state index contributed by atoms with van der Waals surface area (Å²) in [5.41, 5.74) is -1.21. The van der Waals surface area contributed by atoms with Crippen molar-refractivity contribution in [2.75, 3.05) is 13.7 Å². The number of hydrogen-bond acceptors (Lipinski definition) is 4. The Morgan fingerprint density at radius 2 is 1.75 bits per heavy atom. The molecule has 1 aliphatic heterocycles. The van der Waals surface area contributed by atoms with Crippen LogP contribution in [0.3, 0.4) is 0 Å². The van der Waals surface area contributed by atoms with Crippen molar-refractivity contribution >= 4 is 6.09 Å². The van der Waals surface area contributed by atoms with Crippen molar-refractivity contribution in [2.45, 2.75) is 45.6 Å². The number of alkyl halides is 3. The Morgan fingerprint density at radius 3 is 2.29 bits per heavy atom. The number of carbonyl (C=O) groups excluding carboxylic acids is 1. The van der Waals surface area contributed by atoms with Crippen LogP contribution in [-0.2, 0) is 24.0 Å². The average molecular weight is 397 g/mol. The minimum absolute atomic E-state index is 0.0459. The largest absolute Gasteiger partial charge is 0.497 e. The van der Waals surface area contributed by atoms with Gasteiger partial charge in [-0.2, -0.15) is 13.2 Å². The molecule has 0 saturated heterocycles. The first-order chi connectivity index (χ1) is 13.0. The molecule has 1 aromatic carbocycles. The van der Waals surface area contributed by atoms with Crippen LogP contribution in [0.2, 0.25) is 0 Å². The van der Waals surface area contributed by atoms with Crippen LogP contribution in [0.5, 0.6) is 5.75 Å². The number of nitrogens with zero attached hydrogens (tertiary/aromatic N) is 3. The number of halogens is 3. The highest BCUT2D eigenvalue weighted by atomic mass is 19.4. The second-order valence-corrected chi connectivity index (χ2v) is 7.51. The number of rotatable bonds is 2. The van der Waals surface area contributed by atoms with Crippen LogP contribution in [0.15, 0.2) is 24.3 Å². The number of aromatic nitrogens is 2. The number of fused-ring (bicyclic) bond motifs is 1. The Hall–Kier alpha value is -2.71. The van der Waals surface area contributed by atoms with Crippen molar-refractivity contribution in [2.24, 2.45) is 0 Å². The molecule has 0 atom stereocenters. The number of carbonyl (C=O) groups is 1. The van der Waals surface area contributed by atoms with Gasteiger partial charge in [-0.25, -0.2) is 9.78 Å². The van der Waals surface area contributed by atoms with E-state index >= 15 is 0 Å². The lowest BCUT2D eigenvalue weighted by atomic mass is 10.2. The predicted molar refractivity (Wildman–Crippen MR) is 95.9 cm³/mol. The van der Waals surface area contributed by atoms with Crippen LogP contribution in [0.25, 0.3) is 11.4 Å². The number of imidazole rings is 1. The molecule has 0 fully saturated rings. The molecule has 0 unspecified atom stereocenters. The van der Waals surface area contributed by atoms with E-state index in [0.29, 0.717) is 11.3 Å². The van der Waals surface area contributed by atoms with Gasteiger partial charge < -0.3 is 18.9 Å². The number of hydrogen-bond donors (Lipinski definition) is 0. The average Bonchev–Trinajstić information content (AvgIpc) is 2.99. The van der Waals surface area contributed by atoms with Gasteiger partial charge in [0.2, 0.25) is 0 Å². The summed E-state index contributed by atoms with van der Waals surface area (Å²) in [7, 11) is 1.51. The lowest BCUT2D eigenvalue weighted by molar-refractivity contribution is -0.142. The molecule has 2 aromatic rings. The van der Waals surface area contributed by atoms with Gasteiger partial charge in [-0.15, -0.1) is 0 Å². The van der Waals surface area contributed by atoms with Gasteiger partial charge in [0.05, 0.1) is 19.3 Å². The van der Waals surface area contributed by atoms with Gasteiger partial charge in [0.25, 0.3) is 0 Å². The van der Waals surface area contributed by atoms with Gasteiger partial charge in [0.15, 0.2) is 5.69 Å². The maximum Gasteiger partial charge on any atom is 0.435 e. The van der Waals surface area contributed by atoms with E-state index in [1.54, 1.807) is 45.0 Å². The maximum absolute atomic E-state index is 13.6. The lowest BCUT2D eigenvalue weighted by Gasteiger charge is -2.31. The molecule has 0 radical (unpaired) electrons. The van der Waals surface area contributed by atoms with E-state index in [-0.39, 0.29) is 31.2 Å². The van der Waals surface area contributed by atoms with Crippen molar-refractivity contribution in [3.05, 3.63) is 35.7 Å². The van der Waals surface area contributed by atoms with E-state index in [4.69, 9.17) is 9.47 Å². The molecule has 0 aliphatic carbocycles. The third kappa shape index (κ3) is 4.07. The van der Waals surface area contributed by atoms with Crippen molar-refractivity contribution in [1.82, 2.24) is 14.5 Å². The Balaban J connectivity index is 1.98. The van der Waals surface area contributed by atoms with E-state index in [1.807, 2.05) is 0 Å². The fraction of sp³-hybridized carbons (Fsp3) is 0.474. The number of ether oxygens (including phenoxy) is 2. The number of amides is 1. The monoisotopic (exact) mass is 397 g/mol. The van der Waals surface area contributed by atoms with E-state index < -0.39 is 23.6 Å². The summed E-state index contributed by atoms with van der Waals surface area (Å²) in [5.74, 6) is 0.815. The van der Waals surface area contributed by atoms with Crippen LogP contribution >= 0.6 is 0 Å². The van der Waals surface area contributed by atoms with E-state index in [2.05, 4.69) is 4.98 Å². The topological polar surface area (TPSA) is 56.6 Å². The second-order valence-electron chi connectivity index (χ2n) is 7.51. The zero-order chi connectivity index (χ0) is 20.7. The number of benzene rings is 1. The zero-order valence-electron chi connectivity index (χ0n) is 16.1. The molecule has 9 heteroatoms. The summed E-state index contributed by atoms with van der Waals surface area (Å²) in [6, 6.07) is 6.66. The molecular formula is C19H22F3N3O3. The van der Waals surface area contributed by atoms with Crippen molar-refractivity contribution in [1.29, 1.82) is 0 Å². The molecule has 28 heavy (non-hydrogen) atoms. The fourth-order valence-corrected chi connectivity index (χ4v) is 3.04. The first-order valence-corrected chi connectivity index (χ1v) is 8.78. The summed E-state index contributed by atoms with van der Waals surface area (Å²) < 4.78 is 52.7. The van der Waals surface area contributed by atoms with Crippen LogP contribution < -0.4 is 4.74 Å². The highest BCUT2D eigenvalue weighted by Crippen LogP contribution is 2.37. The van der Waals surface area contributed by atoms with Crippen LogP contribution in [0.1, 0.15) is 32.2 Å². The van der Waals surface area contributed by atoms with Crippen LogP contribution in [0, 0.1) is 0 Å². The van der Waals surface area contributed by atoms with Gasteiger partial charge in [-0.05, 0) is 45.0 Å². The third-order valence-corrected chi connectivity index (χ3v) is 4.28. The normalized spacial score (nSPS) is 14.6. The third-order valence-electron chi connectivity index (χ3n) is 4.28. The quantitative estimate of drug-likeness (QED) is 0.757. The van der Waals surface area contributed by atoms with Crippen LogP contribution in [0.4, 0.5) is 18.0 Å². The van der Waals surface area contributed by atoms with E-state index in [1.165, 1.54) is 16.6 Å². The Kier molecular flexibility index (Phi) is 5.03. The smallest absolute Gasteiger partial charge is 0.435 e. The summed E-state index contributed by atoms with van der Waals surface area (Å²) in [5, 5.41) is 0. The summed E-state index contributed by atoms with van der Waals surface area (Å²) in [6.07, 6.45) is -5.27. The molecular weight excluding hydrogens is 375 g/mol. The highest BCUT2D eigenvalue weighted by Gasteiger charge is 2.41. The molecule has 2 heterocycles. The van der Waals surface area contributed by atoms with E-state index in [0.717, 1.165) is 0 Å². The van der Waals surface area contributed by atoms with Gasteiger partial charge in [-0.1, -0.05) is 0 Å².